The van der Waals surface area contributed by atoms with Gasteiger partial charge < -0.3 is 10.1 Å². The van der Waals surface area contributed by atoms with E-state index in [4.69, 9.17) is 27.9 Å². The molecule has 0 radical (unpaired) electrons. The van der Waals surface area contributed by atoms with Gasteiger partial charge in [-0.25, -0.2) is 0 Å². The molecule has 3 atom stereocenters. The summed E-state index contributed by atoms with van der Waals surface area (Å²) in [6, 6.07) is 12.4. The SMILES string of the molecule is COc1ccc2c(c1)[C@@H]1C=CC[C@@H]1[C@H](c1ccc(Cl)c(Cl)c1)N2. The highest BCUT2D eigenvalue weighted by Gasteiger charge is 2.38. The van der Waals surface area contributed by atoms with Crippen molar-refractivity contribution in [2.75, 3.05) is 12.4 Å². The highest BCUT2D eigenvalue weighted by Crippen LogP contribution is 2.50. The number of rotatable bonds is 2. The van der Waals surface area contributed by atoms with Crippen molar-refractivity contribution in [2.45, 2.75) is 18.4 Å². The molecule has 2 aliphatic rings. The molecule has 1 heterocycles. The molecule has 0 amide bonds. The molecule has 0 unspecified atom stereocenters. The Morgan fingerprint density at radius 3 is 2.74 bits per heavy atom. The van der Waals surface area contributed by atoms with E-state index >= 15 is 0 Å². The molecule has 0 saturated heterocycles. The summed E-state index contributed by atoms with van der Waals surface area (Å²) in [6.45, 7) is 0. The van der Waals surface area contributed by atoms with Crippen molar-refractivity contribution >= 4 is 28.9 Å². The maximum atomic E-state index is 6.22. The van der Waals surface area contributed by atoms with Gasteiger partial charge in [-0.15, -0.1) is 0 Å². The lowest BCUT2D eigenvalue weighted by Gasteiger charge is -2.37. The number of nitrogens with one attached hydrogen (secondary N) is 1. The van der Waals surface area contributed by atoms with E-state index < -0.39 is 0 Å². The van der Waals surface area contributed by atoms with Crippen molar-refractivity contribution in [1.82, 2.24) is 0 Å². The molecule has 2 aromatic carbocycles. The fourth-order valence-corrected chi connectivity index (χ4v) is 4.04. The zero-order valence-corrected chi connectivity index (χ0v) is 14.2. The topological polar surface area (TPSA) is 21.3 Å². The molecule has 0 fully saturated rings. The molecule has 0 saturated carbocycles. The summed E-state index contributed by atoms with van der Waals surface area (Å²) < 4.78 is 5.39. The van der Waals surface area contributed by atoms with Crippen LogP contribution in [0.1, 0.15) is 29.5 Å². The maximum Gasteiger partial charge on any atom is 0.119 e. The number of anilines is 1. The van der Waals surface area contributed by atoms with Crippen molar-refractivity contribution in [2.24, 2.45) is 5.92 Å². The van der Waals surface area contributed by atoms with E-state index in [1.807, 2.05) is 18.2 Å². The summed E-state index contributed by atoms with van der Waals surface area (Å²) in [6.07, 6.45) is 5.64. The van der Waals surface area contributed by atoms with Crippen LogP contribution in [0, 0.1) is 5.92 Å². The Labute approximate surface area is 146 Å². The standard InChI is InChI=1S/C19H17Cl2NO/c1-23-12-6-8-18-15(10-12)13-3-2-4-14(13)19(22-18)11-5-7-16(20)17(21)9-11/h2-3,5-10,13-14,19,22H,4H2,1H3/t13-,14+,19+/m1/s1. The Hall–Kier alpha value is -1.64. The van der Waals surface area contributed by atoms with Crippen molar-refractivity contribution in [3.05, 3.63) is 69.7 Å². The van der Waals surface area contributed by atoms with Crippen LogP contribution >= 0.6 is 23.2 Å². The van der Waals surface area contributed by atoms with E-state index in [1.165, 1.54) is 11.1 Å². The first-order valence-electron chi connectivity index (χ1n) is 7.73. The average Bonchev–Trinajstić information content (AvgIpc) is 3.06. The summed E-state index contributed by atoms with van der Waals surface area (Å²) in [4.78, 5) is 0. The Bertz CT molecular complexity index is 787. The first-order valence-corrected chi connectivity index (χ1v) is 8.49. The van der Waals surface area contributed by atoms with Crippen LogP contribution in [0.15, 0.2) is 48.6 Å². The molecule has 23 heavy (non-hydrogen) atoms. The number of ether oxygens (including phenoxy) is 1. The van der Waals surface area contributed by atoms with Crippen molar-refractivity contribution < 1.29 is 4.74 Å². The quantitative estimate of drug-likeness (QED) is 0.691. The van der Waals surface area contributed by atoms with Crippen LogP contribution in [-0.2, 0) is 0 Å². The molecule has 1 aliphatic heterocycles. The van der Waals surface area contributed by atoms with E-state index in [0.29, 0.717) is 21.9 Å². The zero-order chi connectivity index (χ0) is 16.0. The molecular weight excluding hydrogens is 329 g/mol. The maximum absolute atomic E-state index is 6.22. The molecule has 0 spiro atoms. The average molecular weight is 346 g/mol. The third-order valence-electron chi connectivity index (χ3n) is 4.87. The second-order valence-corrected chi connectivity index (χ2v) is 6.92. The van der Waals surface area contributed by atoms with Crippen LogP contribution in [0.2, 0.25) is 10.0 Å². The number of methoxy groups -OCH3 is 1. The van der Waals surface area contributed by atoms with E-state index in [0.717, 1.165) is 17.9 Å². The van der Waals surface area contributed by atoms with Gasteiger partial charge in [-0.3, -0.25) is 0 Å². The van der Waals surface area contributed by atoms with Crippen LogP contribution in [-0.4, -0.2) is 7.11 Å². The van der Waals surface area contributed by atoms with Crippen LogP contribution in [0.5, 0.6) is 5.75 Å². The van der Waals surface area contributed by atoms with E-state index in [9.17, 15) is 0 Å². The molecule has 0 aromatic heterocycles. The van der Waals surface area contributed by atoms with Crippen LogP contribution < -0.4 is 10.1 Å². The van der Waals surface area contributed by atoms with Gasteiger partial charge in [0.15, 0.2) is 0 Å². The van der Waals surface area contributed by atoms with E-state index in [1.54, 1.807) is 7.11 Å². The van der Waals surface area contributed by atoms with Gasteiger partial charge in [0.2, 0.25) is 0 Å². The van der Waals surface area contributed by atoms with Gasteiger partial charge in [0.05, 0.1) is 23.2 Å². The predicted octanol–water partition coefficient (Wildman–Crippen LogP) is 5.83. The van der Waals surface area contributed by atoms with Gasteiger partial charge in [-0.1, -0.05) is 41.4 Å². The highest BCUT2D eigenvalue weighted by atomic mass is 35.5. The summed E-state index contributed by atoms with van der Waals surface area (Å²) in [7, 11) is 1.71. The van der Waals surface area contributed by atoms with Crippen LogP contribution in [0.4, 0.5) is 5.69 Å². The lowest BCUT2D eigenvalue weighted by molar-refractivity contribution is 0.405. The minimum Gasteiger partial charge on any atom is -0.497 e. The van der Waals surface area contributed by atoms with Gasteiger partial charge in [0.25, 0.3) is 0 Å². The molecule has 118 valence electrons. The molecule has 2 aromatic rings. The third kappa shape index (κ3) is 2.50. The first-order chi connectivity index (χ1) is 11.2. The Kier molecular flexibility index (Phi) is 3.74. The zero-order valence-electron chi connectivity index (χ0n) is 12.7. The first kappa shape index (κ1) is 14.9. The molecule has 1 N–H and O–H groups in total. The minimum absolute atomic E-state index is 0.227. The van der Waals surface area contributed by atoms with Crippen molar-refractivity contribution in [3.8, 4) is 5.75 Å². The minimum atomic E-state index is 0.227. The molecule has 1 aliphatic carbocycles. The van der Waals surface area contributed by atoms with Gasteiger partial charge in [-0.2, -0.15) is 0 Å². The summed E-state index contributed by atoms with van der Waals surface area (Å²) >= 11 is 12.3. The largest absolute Gasteiger partial charge is 0.497 e. The molecule has 2 nitrogen and oxygen atoms in total. The van der Waals surface area contributed by atoms with Crippen molar-refractivity contribution in [3.63, 3.8) is 0 Å². The Morgan fingerprint density at radius 1 is 1.09 bits per heavy atom. The highest BCUT2D eigenvalue weighted by molar-refractivity contribution is 6.42. The fraction of sp³-hybridized carbons (Fsp3) is 0.263. The predicted molar refractivity (Wildman–Crippen MR) is 95.8 cm³/mol. The molecule has 4 heteroatoms. The molecule has 4 rings (SSSR count). The molecule has 0 bridgehead atoms. The normalized spacial score (nSPS) is 24.7. The van der Waals surface area contributed by atoms with Gasteiger partial charge >= 0.3 is 0 Å². The monoisotopic (exact) mass is 345 g/mol. The summed E-state index contributed by atoms with van der Waals surface area (Å²) in [5, 5.41) is 4.89. The van der Waals surface area contributed by atoms with Gasteiger partial charge in [0, 0.05) is 11.6 Å². The summed E-state index contributed by atoms with van der Waals surface area (Å²) in [5.74, 6) is 1.78. The third-order valence-corrected chi connectivity index (χ3v) is 5.61. The lowest BCUT2D eigenvalue weighted by atomic mass is 9.77. The van der Waals surface area contributed by atoms with Crippen LogP contribution in [0.3, 0.4) is 0 Å². The number of benzene rings is 2. The summed E-state index contributed by atoms with van der Waals surface area (Å²) in [5.41, 5.74) is 3.65. The van der Waals surface area contributed by atoms with E-state index in [2.05, 4.69) is 35.7 Å². The number of fused-ring (bicyclic) bond motifs is 3. The van der Waals surface area contributed by atoms with Crippen molar-refractivity contribution in [1.29, 1.82) is 0 Å². The smallest absolute Gasteiger partial charge is 0.119 e. The van der Waals surface area contributed by atoms with E-state index in [-0.39, 0.29) is 6.04 Å². The number of halogens is 2. The second kappa shape index (κ2) is 5.77. The Morgan fingerprint density at radius 2 is 1.96 bits per heavy atom. The van der Waals surface area contributed by atoms with Gasteiger partial charge in [-0.05, 0) is 53.8 Å². The molecular formula is C19H17Cl2NO. The van der Waals surface area contributed by atoms with Gasteiger partial charge in [0.1, 0.15) is 5.75 Å². The Balaban J connectivity index is 1.77. The number of hydrogen-bond acceptors (Lipinski definition) is 2. The number of allylic oxidation sites excluding steroid dienone is 2. The fourth-order valence-electron chi connectivity index (χ4n) is 3.74. The lowest BCUT2D eigenvalue weighted by Crippen LogP contribution is -2.29. The second-order valence-electron chi connectivity index (χ2n) is 6.10. The number of hydrogen-bond donors (Lipinski definition) is 1. The van der Waals surface area contributed by atoms with Crippen LogP contribution in [0.25, 0.3) is 0 Å².